The Hall–Kier alpha value is -1.07. The fourth-order valence-electron chi connectivity index (χ4n) is 1.67. The maximum atomic E-state index is 12.0. The van der Waals surface area contributed by atoms with E-state index in [0.29, 0.717) is 15.6 Å². The van der Waals surface area contributed by atoms with Gasteiger partial charge in [0.1, 0.15) is 5.75 Å². The topological polar surface area (TPSA) is 72.2 Å². The van der Waals surface area contributed by atoms with E-state index in [9.17, 15) is 9.00 Å². The van der Waals surface area contributed by atoms with Gasteiger partial charge in [-0.2, -0.15) is 0 Å². The molecule has 6 heteroatoms. The summed E-state index contributed by atoms with van der Waals surface area (Å²) in [7, 11) is -1.40. The van der Waals surface area contributed by atoms with Crippen LogP contribution in [0.25, 0.3) is 0 Å². The molecule has 2 unspecified atom stereocenters. The van der Waals surface area contributed by atoms with Crippen molar-refractivity contribution in [2.24, 2.45) is 0 Å². The predicted molar refractivity (Wildman–Crippen MR) is 79.7 cm³/mol. The molecule has 2 atom stereocenters. The normalized spacial score (nSPS) is 13.8. The molecule has 0 fully saturated rings. The van der Waals surface area contributed by atoms with Crippen molar-refractivity contribution in [3.05, 3.63) is 23.2 Å². The highest BCUT2D eigenvalue weighted by Gasteiger charge is 2.13. The van der Waals surface area contributed by atoms with Crippen molar-refractivity contribution in [3.8, 4) is 0 Å². The second kappa shape index (κ2) is 7.50. The van der Waals surface area contributed by atoms with Crippen LogP contribution in [0.3, 0.4) is 0 Å². The molecule has 0 radical (unpaired) electrons. The van der Waals surface area contributed by atoms with Crippen molar-refractivity contribution in [1.82, 2.24) is 5.32 Å². The van der Waals surface area contributed by atoms with Crippen molar-refractivity contribution in [2.45, 2.75) is 37.6 Å². The summed E-state index contributed by atoms with van der Waals surface area (Å²) < 4.78 is 12.0. The number of anilines is 1. The molecule has 0 heterocycles. The fraction of sp³-hybridized carbons (Fsp3) is 0.462. The second-order valence-corrected chi connectivity index (χ2v) is 6.29. The van der Waals surface area contributed by atoms with Gasteiger partial charge in [-0.1, -0.05) is 24.9 Å². The zero-order chi connectivity index (χ0) is 14.4. The Morgan fingerprint density at radius 1 is 1.53 bits per heavy atom. The van der Waals surface area contributed by atoms with Crippen LogP contribution < -0.4 is 11.1 Å². The third-order valence-electron chi connectivity index (χ3n) is 2.63. The minimum Gasteiger partial charge on any atom is -0.398 e. The molecule has 3 N–H and O–H groups in total. The van der Waals surface area contributed by atoms with Gasteiger partial charge in [0.2, 0.25) is 5.91 Å². The molecule has 1 rings (SSSR count). The molecule has 0 aliphatic rings. The van der Waals surface area contributed by atoms with Crippen molar-refractivity contribution in [1.29, 1.82) is 0 Å². The Kier molecular flexibility index (Phi) is 6.31. The first-order chi connectivity index (χ1) is 8.93. The van der Waals surface area contributed by atoms with Gasteiger partial charge in [0.15, 0.2) is 0 Å². The highest BCUT2D eigenvalue weighted by atomic mass is 35.5. The van der Waals surface area contributed by atoms with Gasteiger partial charge >= 0.3 is 0 Å². The van der Waals surface area contributed by atoms with Gasteiger partial charge in [-0.15, -0.1) is 0 Å². The summed E-state index contributed by atoms with van der Waals surface area (Å²) in [6.07, 6.45) is 1.91. The summed E-state index contributed by atoms with van der Waals surface area (Å²) in [6.45, 7) is 3.99. The molecule has 106 valence electrons. The second-order valence-electron chi connectivity index (χ2n) is 4.43. The molecule has 1 aromatic rings. The lowest BCUT2D eigenvalue weighted by molar-refractivity contribution is -0.119. The van der Waals surface area contributed by atoms with E-state index in [0.717, 1.165) is 12.8 Å². The summed E-state index contributed by atoms with van der Waals surface area (Å²) in [5.41, 5.74) is 6.01. The summed E-state index contributed by atoms with van der Waals surface area (Å²) in [6, 6.07) is 4.85. The number of benzene rings is 1. The SMILES string of the molecule is CCCC(C)NC(=O)CS(=O)c1ccc(N)c(Cl)c1. The molecule has 0 bridgehead atoms. The van der Waals surface area contributed by atoms with Gasteiger partial charge < -0.3 is 11.1 Å². The third-order valence-corrected chi connectivity index (χ3v) is 4.26. The number of hydrogen-bond acceptors (Lipinski definition) is 3. The Balaban J connectivity index is 2.59. The third kappa shape index (κ3) is 5.20. The van der Waals surface area contributed by atoms with Gasteiger partial charge in [-0.3, -0.25) is 9.00 Å². The monoisotopic (exact) mass is 302 g/mol. The molecule has 4 nitrogen and oxygen atoms in total. The lowest BCUT2D eigenvalue weighted by atomic mass is 10.2. The van der Waals surface area contributed by atoms with Crippen LogP contribution >= 0.6 is 11.6 Å². The average Bonchev–Trinajstić information content (AvgIpc) is 2.32. The maximum Gasteiger partial charge on any atom is 0.233 e. The molecule has 0 saturated carbocycles. The van der Waals surface area contributed by atoms with E-state index in [-0.39, 0.29) is 17.7 Å². The first-order valence-corrected chi connectivity index (χ1v) is 7.86. The molecular formula is C13H19ClN2O2S. The first-order valence-electron chi connectivity index (χ1n) is 6.16. The maximum absolute atomic E-state index is 12.0. The van der Waals surface area contributed by atoms with Gasteiger partial charge in [0.25, 0.3) is 0 Å². The van der Waals surface area contributed by atoms with Crippen molar-refractivity contribution < 1.29 is 9.00 Å². The predicted octanol–water partition coefficient (Wildman–Crippen LogP) is 2.33. The van der Waals surface area contributed by atoms with E-state index in [4.69, 9.17) is 17.3 Å². The highest BCUT2D eigenvalue weighted by Crippen LogP contribution is 2.21. The van der Waals surface area contributed by atoms with Gasteiger partial charge in [0.05, 0.1) is 21.5 Å². The zero-order valence-corrected chi connectivity index (χ0v) is 12.7. The lowest BCUT2D eigenvalue weighted by Crippen LogP contribution is -2.35. The molecule has 19 heavy (non-hydrogen) atoms. The smallest absolute Gasteiger partial charge is 0.233 e. The molecule has 0 saturated heterocycles. The lowest BCUT2D eigenvalue weighted by Gasteiger charge is -2.12. The number of hydrogen-bond donors (Lipinski definition) is 2. The Bertz CT molecular complexity index is 480. The van der Waals surface area contributed by atoms with Crippen molar-refractivity contribution in [2.75, 3.05) is 11.5 Å². The summed E-state index contributed by atoms with van der Waals surface area (Å²) in [5.74, 6) is -0.277. The number of nitrogens with one attached hydrogen (secondary N) is 1. The van der Waals surface area contributed by atoms with Gasteiger partial charge in [-0.25, -0.2) is 0 Å². The number of rotatable bonds is 6. The molecule has 0 aliphatic carbocycles. The molecular weight excluding hydrogens is 284 g/mol. The molecule has 0 aliphatic heterocycles. The van der Waals surface area contributed by atoms with Crippen LogP contribution in [-0.2, 0) is 15.6 Å². The summed E-state index contributed by atoms with van der Waals surface area (Å²) in [4.78, 5) is 12.2. The van der Waals surface area contributed by atoms with Crippen LogP contribution in [0.2, 0.25) is 5.02 Å². The van der Waals surface area contributed by atoms with Gasteiger partial charge in [0, 0.05) is 10.9 Å². The van der Waals surface area contributed by atoms with Gasteiger partial charge in [-0.05, 0) is 31.5 Å². The van der Waals surface area contributed by atoms with E-state index >= 15 is 0 Å². The number of nitrogens with two attached hydrogens (primary N) is 1. The van der Waals surface area contributed by atoms with E-state index in [1.807, 2.05) is 6.92 Å². The number of nitrogen functional groups attached to an aromatic ring is 1. The molecule has 0 spiro atoms. The molecule has 1 amide bonds. The van der Waals surface area contributed by atoms with Crippen LogP contribution in [-0.4, -0.2) is 21.9 Å². The van der Waals surface area contributed by atoms with Crippen LogP contribution in [0.4, 0.5) is 5.69 Å². The van der Waals surface area contributed by atoms with E-state index < -0.39 is 10.8 Å². The number of carbonyl (C=O) groups excluding carboxylic acids is 1. The van der Waals surface area contributed by atoms with Crippen LogP contribution in [0.15, 0.2) is 23.1 Å². The largest absolute Gasteiger partial charge is 0.398 e. The van der Waals surface area contributed by atoms with Crippen molar-refractivity contribution >= 4 is 34.0 Å². The first kappa shape index (κ1) is 16.0. The Morgan fingerprint density at radius 2 is 2.21 bits per heavy atom. The average molecular weight is 303 g/mol. The van der Waals surface area contributed by atoms with E-state index in [1.54, 1.807) is 12.1 Å². The van der Waals surface area contributed by atoms with Crippen LogP contribution in [0.5, 0.6) is 0 Å². The summed E-state index contributed by atoms with van der Waals surface area (Å²) >= 11 is 5.86. The standard InChI is InChI=1S/C13H19ClN2O2S/c1-3-4-9(2)16-13(17)8-19(18)10-5-6-12(15)11(14)7-10/h5-7,9H,3-4,8,15H2,1-2H3,(H,16,17). The highest BCUT2D eigenvalue weighted by molar-refractivity contribution is 7.85. The minimum absolute atomic E-state index is 0.0612. The van der Waals surface area contributed by atoms with E-state index in [1.165, 1.54) is 6.07 Å². The summed E-state index contributed by atoms with van der Waals surface area (Å²) in [5, 5.41) is 3.17. The van der Waals surface area contributed by atoms with Crippen molar-refractivity contribution in [3.63, 3.8) is 0 Å². The molecule has 0 aromatic heterocycles. The number of carbonyl (C=O) groups is 1. The van der Waals surface area contributed by atoms with Crippen LogP contribution in [0, 0.1) is 0 Å². The number of amides is 1. The van der Waals surface area contributed by atoms with E-state index in [2.05, 4.69) is 12.2 Å². The Morgan fingerprint density at radius 3 is 2.79 bits per heavy atom. The molecule has 1 aromatic carbocycles. The minimum atomic E-state index is -1.40. The van der Waals surface area contributed by atoms with Crippen LogP contribution in [0.1, 0.15) is 26.7 Å². The number of halogens is 1. The quantitative estimate of drug-likeness (QED) is 0.792. The Labute approximate surface area is 121 Å². The zero-order valence-electron chi connectivity index (χ0n) is 11.1. The fourth-order valence-corrected chi connectivity index (χ4v) is 2.88.